The monoisotopic (exact) mass is 815 g/mol. The summed E-state index contributed by atoms with van der Waals surface area (Å²) in [7, 11) is 0. The number of nitrogens with one attached hydrogen (secondary N) is 5. The first-order chi connectivity index (χ1) is 29.7. The number of rotatable bonds is 8. The first-order valence-electron chi connectivity index (χ1n) is 20.3. The van der Waals surface area contributed by atoms with Crippen molar-refractivity contribution in [2.75, 3.05) is 6.61 Å². The van der Waals surface area contributed by atoms with Gasteiger partial charge in [0.2, 0.25) is 11.8 Å². The number of aromatic nitrogens is 2. The zero-order chi connectivity index (χ0) is 42.3. The first-order valence-corrected chi connectivity index (χ1v) is 20.3. The Labute approximate surface area is 351 Å². The Morgan fingerprint density at radius 2 is 1.11 bits per heavy atom. The molecule has 12 heteroatoms. The van der Waals surface area contributed by atoms with Gasteiger partial charge >= 0.3 is 5.97 Å². The number of hydrogen-bond donors (Lipinski definition) is 6. The molecule has 0 unspecified atom stereocenters. The van der Waals surface area contributed by atoms with Gasteiger partial charge in [-0.05, 0) is 64.1 Å². The third kappa shape index (κ3) is 9.71. The minimum Gasteiger partial charge on any atom is -0.484 e. The van der Waals surface area contributed by atoms with Gasteiger partial charge in [-0.15, -0.1) is 0 Å². The lowest BCUT2D eigenvalue weighted by molar-refractivity contribution is -0.144. The second kappa shape index (κ2) is 18.2. The lowest BCUT2D eigenvalue weighted by atomic mass is 9.90. The number of H-pyrrole nitrogens is 2. The quantitative estimate of drug-likeness (QED) is 0.100. The number of para-hydroxylation sites is 2. The molecule has 4 atom stereocenters. The Morgan fingerprint density at radius 1 is 0.574 bits per heavy atom. The number of ether oxygens (including phenoxy) is 1. The molecule has 2 bridgehead atoms. The van der Waals surface area contributed by atoms with Gasteiger partial charge in [-0.25, -0.2) is 0 Å². The highest BCUT2D eigenvalue weighted by atomic mass is 16.5. The van der Waals surface area contributed by atoms with Crippen LogP contribution in [0.3, 0.4) is 0 Å². The van der Waals surface area contributed by atoms with Crippen molar-refractivity contribution >= 4 is 51.3 Å². The number of carbonyl (C=O) groups is 5. The van der Waals surface area contributed by atoms with E-state index in [0.29, 0.717) is 11.3 Å². The predicted molar refractivity (Wildman–Crippen MR) is 232 cm³/mol. The molecule has 5 aromatic carbocycles. The van der Waals surface area contributed by atoms with Gasteiger partial charge < -0.3 is 35.8 Å². The Kier molecular flexibility index (Phi) is 12.0. The Hall–Kier alpha value is -7.47. The number of hydrogen-bond acceptors (Lipinski definition) is 6. The first kappa shape index (κ1) is 40.3. The van der Waals surface area contributed by atoms with Crippen LogP contribution in [0.15, 0.2) is 140 Å². The summed E-state index contributed by atoms with van der Waals surface area (Å²) in [5.74, 6) is -4.17. The second-order valence-corrected chi connectivity index (χ2v) is 15.5. The molecule has 9 rings (SSSR count). The van der Waals surface area contributed by atoms with Crippen LogP contribution in [-0.2, 0) is 49.7 Å². The normalized spacial score (nSPS) is 19.3. The summed E-state index contributed by atoms with van der Waals surface area (Å²) in [5, 5.41) is 20.7. The molecule has 6 N–H and O–H groups in total. The Morgan fingerprint density at radius 3 is 1.74 bits per heavy atom. The number of aromatic amines is 2. The van der Waals surface area contributed by atoms with Crippen LogP contribution in [0, 0.1) is 5.92 Å². The maximum absolute atomic E-state index is 14.7. The summed E-state index contributed by atoms with van der Waals surface area (Å²) in [4.78, 5) is 76.1. The molecular weight excluding hydrogens is 771 g/mol. The number of ketones is 1. The van der Waals surface area contributed by atoms with Crippen molar-refractivity contribution in [3.8, 4) is 16.9 Å². The van der Waals surface area contributed by atoms with Crippen molar-refractivity contribution in [2.24, 2.45) is 5.92 Å². The Balaban J connectivity index is 1.16. The van der Waals surface area contributed by atoms with Gasteiger partial charge in [-0.3, -0.25) is 24.0 Å². The number of benzene rings is 5. The average Bonchev–Trinajstić information content (AvgIpc) is 3.89. The van der Waals surface area contributed by atoms with Gasteiger partial charge in [0.1, 0.15) is 17.8 Å². The molecule has 61 heavy (non-hydrogen) atoms. The van der Waals surface area contributed by atoms with Crippen molar-refractivity contribution in [2.45, 2.75) is 50.2 Å². The van der Waals surface area contributed by atoms with E-state index in [9.17, 15) is 29.1 Å². The van der Waals surface area contributed by atoms with Crippen molar-refractivity contribution < 1.29 is 33.8 Å². The molecule has 2 aromatic heterocycles. The summed E-state index contributed by atoms with van der Waals surface area (Å²) in [6.07, 6.45) is 3.46. The van der Waals surface area contributed by atoms with Crippen molar-refractivity contribution in [1.29, 1.82) is 0 Å². The molecule has 0 spiro atoms. The number of carbonyl (C=O) groups excluding carboxylic acids is 4. The molecule has 12 nitrogen and oxygen atoms in total. The fourth-order valence-corrected chi connectivity index (χ4v) is 7.97. The number of Topliss-reactive ketones (excluding diaryl/α,β-unsaturated/α-hetero) is 1. The smallest absolute Gasteiger partial charge is 0.307 e. The lowest BCUT2D eigenvalue weighted by Gasteiger charge is -2.26. The molecule has 3 amide bonds. The predicted octanol–water partition coefficient (Wildman–Crippen LogP) is 6.09. The van der Waals surface area contributed by atoms with Crippen LogP contribution < -0.4 is 20.7 Å². The summed E-state index contributed by atoms with van der Waals surface area (Å²) in [6, 6.07) is 35.9. The van der Waals surface area contributed by atoms with Crippen LogP contribution in [0.4, 0.5) is 0 Å². The zero-order valence-electron chi connectivity index (χ0n) is 33.2. The summed E-state index contributed by atoms with van der Waals surface area (Å²) < 4.78 is 5.78. The van der Waals surface area contributed by atoms with E-state index in [1.165, 1.54) is 0 Å². The van der Waals surface area contributed by atoms with E-state index < -0.39 is 60.1 Å². The van der Waals surface area contributed by atoms with Gasteiger partial charge in [-0.1, -0.05) is 103 Å². The van der Waals surface area contributed by atoms with Gasteiger partial charge in [0.15, 0.2) is 12.4 Å². The molecule has 0 saturated heterocycles. The van der Waals surface area contributed by atoms with E-state index in [2.05, 4.69) is 25.9 Å². The van der Waals surface area contributed by atoms with Gasteiger partial charge in [0.05, 0.1) is 12.0 Å². The van der Waals surface area contributed by atoms with Crippen molar-refractivity contribution in [1.82, 2.24) is 25.9 Å². The maximum Gasteiger partial charge on any atom is 0.307 e. The molecule has 0 fully saturated rings. The molecular formula is C49H45N5O7. The van der Waals surface area contributed by atoms with Crippen LogP contribution in [0.25, 0.3) is 32.9 Å². The number of amides is 3. The van der Waals surface area contributed by atoms with Crippen molar-refractivity contribution in [3.63, 3.8) is 0 Å². The van der Waals surface area contributed by atoms with Crippen LogP contribution >= 0.6 is 0 Å². The lowest BCUT2D eigenvalue weighted by Crippen LogP contribution is -2.57. The second-order valence-electron chi connectivity index (χ2n) is 15.5. The molecule has 7 aromatic rings. The highest BCUT2D eigenvalue weighted by Gasteiger charge is 2.33. The number of carboxylic acid groups (broad SMARTS) is 1. The van der Waals surface area contributed by atoms with Crippen LogP contribution in [0.2, 0.25) is 0 Å². The molecule has 2 aliphatic rings. The van der Waals surface area contributed by atoms with E-state index in [1.807, 2.05) is 103 Å². The molecule has 0 radical (unpaired) electrons. The van der Waals surface area contributed by atoms with E-state index >= 15 is 0 Å². The number of carboxylic acids is 1. The van der Waals surface area contributed by atoms with Crippen LogP contribution in [-0.4, -0.2) is 69.3 Å². The zero-order valence-corrected chi connectivity index (χ0v) is 33.2. The highest BCUT2D eigenvalue weighted by Crippen LogP contribution is 2.24. The van der Waals surface area contributed by atoms with E-state index in [0.717, 1.165) is 49.6 Å². The maximum atomic E-state index is 14.7. The largest absolute Gasteiger partial charge is 0.484 e. The number of fused-ring (bicyclic) bond motifs is 18. The highest BCUT2D eigenvalue weighted by molar-refractivity contribution is 5.97. The number of aliphatic carboxylic acids is 1. The SMILES string of the molecule is O=C1COc2ccc(cc2)C[C@H](C(=O)O)CC(=O)[C@H](Cc2c[nH]c3ccccc23)NC(=O)[C@@H](Cc2ccc(-c3ccccc3)cc2)NC(=O)[C@H](Cc2c[nH]c3ccccc23)N1. The van der Waals surface area contributed by atoms with Crippen molar-refractivity contribution in [3.05, 3.63) is 162 Å². The molecule has 308 valence electrons. The molecule has 0 saturated carbocycles. The van der Waals surface area contributed by atoms with Gasteiger partial charge in [0, 0.05) is 59.9 Å². The molecule has 0 aliphatic carbocycles. The van der Waals surface area contributed by atoms with Crippen LogP contribution in [0.5, 0.6) is 5.75 Å². The average molecular weight is 816 g/mol. The third-order valence-corrected chi connectivity index (χ3v) is 11.3. The van der Waals surface area contributed by atoms with E-state index in [1.54, 1.807) is 36.7 Å². The summed E-state index contributed by atoms with van der Waals surface area (Å²) in [5.41, 5.74) is 6.61. The summed E-state index contributed by atoms with van der Waals surface area (Å²) in [6.45, 7) is -0.406. The topological polar surface area (TPSA) is 182 Å². The Bertz CT molecular complexity index is 2690. The standard InChI is InChI=1S/C49H45N5O7/c55-45-26-34(49(59)60)22-30-16-20-37(21-17-30)61-29-46(56)52-44(25-36-28-51-41-13-7-5-11-39(36)41)48(58)54-43(23-31-14-18-33(19-15-31)32-8-2-1-3-9-32)47(57)53-42(45)24-35-27-50-40-12-6-4-10-38(35)40/h1-21,27-28,34,42-44,50-51H,22-26,29H2,(H,52,56)(H,53,57)(H,54,58)(H,59,60)/t34-,42-,43+,44-/m0/s1. The van der Waals surface area contributed by atoms with E-state index in [4.69, 9.17) is 4.74 Å². The molecule has 4 heterocycles. The fraction of sp³-hybridized carbons (Fsp3) is 0.204. The van der Waals surface area contributed by atoms with Crippen LogP contribution in [0.1, 0.15) is 28.7 Å². The fourth-order valence-electron chi connectivity index (χ4n) is 7.97. The minimum absolute atomic E-state index is 0.0444. The third-order valence-electron chi connectivity index (χ3n) is 11.3. The van der Waals surface area contributed by atoms with Gasteiger partial charge in [0.25, 0.3) is 5.91 Å². The van der Waals surface area contributed by atoms with Gasteiger partial charge in [-0.2, -0.15) is 0 Å². The summed E-state index contributed by atoms with van der Waals surface area (Å²) >= 11 is 0. The minimum atomic E-state index is -1.21. The van der Waals surface area contributed by atoms with E-state index in [-0.39, 0.29) is 32.1 Å². The molecule has 2 aliphatic heterocycles.